The molecule has 3 heterocycles. The lowest BCUT2D eigenvalue weighted by molar-refractivity contribution is 0.226. The Morgan fingerprint density at radius 1 is 1.04 bits per heavy atom. The molecule has 27 heavy (non-hydrogen) atoms. The summed E-state index contributed by atoms with van der Waals surface area (Å²) < 4.78 is 1.95. The third-order valence-corrected chi connectivity index (χ3v) is 5.65. The second kappa shape index (κ2) is 6.85. The van der Waals surface area contributed by atoms with Crippen molar-refractivity contribution in [2.24, 2.45) is 5.92 Å². The predicted octanol–water partition coefficient (Wildman–Crippen LogP) is 2.93. The van der Waals surface area contributed by atoms with Crippen LogP contribution in [0, 0.1) is 5.92 Å². The van der Waals surface area contributed by atoms with Gasteiger partial charge in [-0.25, -0.2) is 15.0 Å². The molecular weight excluding hydrogens is 338 g/mol. The first-order valence-corrected chi connectivity index (χ1v) is 9.79. The number of hydrogen-bond donors (Lipinski definition) is 0. The molecular formula is C21H23N5O. The highest BCUT2D eigenvalue weighted by molar-refractivity contribution is 5.77. The van der Waals surface area contributed by atoms with Gasteiger partial charge in [0.15, 0.2) is 0 Å². The van der Waals surface area contributed by atoms with Crippen molar-refractivity contribution >= 4 is 10.9 Å². The summed E-state index contributed by atoms with van der Waals surface area (Å²) in [6.45, 7) is 2.46. The van der Waals surface area contributed by atoms with E-state index in [2.05, 4.69) is 14.9 Å². The minimum Gasteiger partial charge on any atom is -0.295 e. The molecule has 2 fully saturated rings. The Hall–Kier alpha value is -2.60. The lowest BCUT2D eigenvalue weighted by Gasteiger charge is -2.26. The van der Waals surface area contributed by atoms with Crippen LogP contribution in [0.25, 0.3) is 10.9 Å². The van der Waals surface area contributed by atoms with E-state index in [4.69, 9.17) is 4.98 Å². The van der Waals surface area contributed by atoms with Crippen molar-refractivity contribution in [3.63, 3.8) is 0 Å². The number of benzene rings is 1. The molecule has 0 radical (unpaired) electrons. The number of likely N-dealkylation sites (tertiary alicyclic amines) is 1. The molecule has 1 aromatic carbocycles. The Kier molecular flexibility index (Phi) is 4.20. The van der Waals surface area contributed by atoms with Gasteiger partial charge in [-0.05, 0) is 56.3 Å². The topological polar surface area (TPSA) is 63.9 Å². The number of aromatic nitrogens is 4. The summed E-state index contributed by atoms with van der Waals surface area (Å²) in [5.74, 6) is 2.36. The Labute approximate surface area is 157 Å². The normalized spacial score (nSPS) is 20.4. The molecule has 0 amide bonds. The lowest BCUT2D eigenvalue weighted by atomic mass is 10.1. The van der Waals surface area contributed by atoms with E-state index in [9.17, 15) is 4.79 Å². The molecule has 1 aliphatic carbocycles. The Bertz CT molecular complexity index is 1010. The minimum absolute atomic E-state index is 0.102. The molecule has 1 unspecified atom stereocenters. The standard InChI is InChI=1S/C21H23N5O/c27-21-16-5-1-2-6-17(16)24-20(26(21)13-15-8-9-15)18-7-3-12-25(18)14-19-22-10-4-11-23-19/h1-2,4-6,10-11,15,18H,3,7-9,12-14H2. The summed E-state index contributed by atoms with van der Waals surface area (Å²) in [5.41, 5.74) is 0.901. The fourth-order valence-corrected chi connectivity index (χ4v) is 4.08. The SMILES string of the molecule is O=c1c2ccccc2nc(C2CCCN2Cc2ncccn2)n1CC1CC1. The maximum absolute atomic E-state index is 13.2. The molecule has 5 rings (SSSR count). The highest BCUT2D eigenvalue weighted by atomic mass is 16.1. The third-order valence-electron chi connectivity index (χ3n) is 5.65. The number of nitrogens with zero attached hydrogens (tertiary/aromatic N) is 5. The Balaban J connectivity index is 1.56. The van der Waals surface area contributed by atoms with Gasteiger partial charge in [0.1, 0.15) is 11.6 Å². The van der Waals surface area contributed by atoms with Crippen LogP contribution in [0.1, 0.15) is 43.4 Å². The number of rotatable bonds is 5. The Morgan fingerprint density at radius 2 is 1.85 bits per heavy atom. The van der Waals surface area contributed by atoms with Crippen LogP contribution in [0.3, 0.4) is 0 Å². The van der Waals surface area contributed by atoms with Crippen LogP contribution in [-0.2, 0) is 13.1 Å². The van der Waals surface area contributed by atoms with E-state index in [1.807, 2.05) is 34.9 Å². The van der Waals surface area contributed by atoms with Crippen molar-refractivity contribution in [3.8, 4) is 0 Å². The first kappa shape index (κ1) is 16.6. The van der Waals surface area contributed by atoms with Crippen molar-refractivity contribution in [1.82, 2.24) is 24.4 Å². The molecule has 0 spiro atoms. The van der Waals surface area contributed by atoms with Gasteiger partial charge in [0.25, 0.3) is 5.56 Å². The summed E-state index contributed by atoms with van der Waals surface area (Å²) in [6, 6.07) is 9.69. The molecule has 3 aromatic rings. The van der Waals surface area contributed by atoms with Crippen LogP contribution < -0.4 is 5.56 Å². The molecule has 6 heteroatoms. The molecule has 2 aliphatic rings. The lowest BCUT2D eigenvalue weighted by Crippen LogP contribution is -2.33. The summed E-state index contributed by atoms with van der Waals surface area (Å²) in [4.78, 5) is 29.3. The average molecular weight is 361 g/mol. The van der Waals surface area contributed by atoms with Crippen LogP contribution >= 0.6 is 0 Å². The van der Waals surface area contributed by atoms with Gasteiger partial charge in [-0.15, -0.1) is 0 Å². The van der Waals surface area contributed by atoms with Gasteiger partial charge in [0, 0.05) is 18.9 Å². The summed E-state index contributed by atoms with van der Waals surface area (Å²) in [5, 5.41) is 0.720. The number of fused-ring (bicyclic) bond motifs is 1. The van der Waals surface area contributed by atoms with Crippen LogP contribution in [0.15, 0.2) is 47.5 Å². The van der Waals surface area contributed by atoms with Gasteiger partial charge in [-0.2, -0.15) is 0 Å². The molecule has 2 aromatic heterocycles. The van der Waals surface area contributed by atoms with Gasteiger partial charge >= 0.3 is 0 Å². The van der Waals surface area contributed by atoms with Crippen molar-refractivity contribution in [2.45, 2.75) is 44.8 Å². The van der Waals surface area contributed by atoms with Crippen molar-refractivity contribution in [3.05, 3.63) is 64.7 Å². The first-order chi connectivity index (χ1) is 13.3. The maximum atomic E-state index is 13.2. The summed E-state index contributed by atoms with van der Waals surface area (Å²) >= 11 is 0. The zero-order valence-corrected chi connectivity index (χ0v) is 15.3. The van der Waals surface area contributed by atoms with Crippen LogP contribution in [0.2, 0.25) is 0 Å². The van der Waals surface area contributed by atoms with Crippen LogP contribution in [0.4, 0.5) is 0 Å². The Morgan fingerprint density at radius 3 is 2.67 bits per heavy atom. The highest BCUT2D eigenvalue weighted by Crippen LogP contribution is 2.35. The van der Waals surface area contributed by atoms with E-state index in [0.717, 1.165) is 48.5 Å². The van der Waals surface area contributed by atoms with Gasteiger partial charge in [0.2, 0.25) is 0 Å². The van der Waals surface area contributed by atoms with Crippen molar-refractivity contribution in [1.29, 1.82) is 0 Å². The van der Waals surface area contributed by atoms with E-state index in [0.29, 0.717) is 12.5 Å². The molecule has 138 valence electrons. The molecule has 1 atom stereocenters. The van der Waals surface area contributed by atoms with Gasteiger partial charge in [-0.1, -0.05) is 12.1 Å². The van der Waals surface area contributed by atoms with E-state index in [1.165, 1.54) is 12.8 Å². The quantitative estimate of drug-likeness (QED) is 0.699. The smallest absolute Gasteiger partial charge is 0.261 e. The van der Waals surface area contributed by atoms with E-state index >= 15 is 0 Å². The number of para-hydroxylation sites is 1. The monoisotopic (exact) mass is 361 g/mol. The highest BCUT2D eigenvalue weighted by Gasteiger charge is 2.32. The minimum atomic E-state index is 0.102. The second-order valence-electron chi connectivity index (χ2n) is 7.64. The van der Waals surface area contributed by atoms with Gasteiger partial charge < -0.3 is 0 Å². The largest absolute Gasteiger partial charge is 0.295 e. The fourth-order valence-electron chi connectivity index (χ4n) is 4.08. The fraction of sp³-hybridized carbons (Fsp3) is 0.429. The van der Waals surface area contributed by atoms with Gasteiger partial charge in [0.05, 0.1) is 23.5 Å². The summed E-state index contributed by atoms with van der Waals surface area (Å²) in [7, 11) is 0. The molecule has 0 bridgehead atoms. The predicted molar refractivity (Wildman–Crippen MR) is 103 cm³/mol. The van der Waals surface area contributed by atoms with E-state index < -0.39 is 0 Å². The number of hydrogen-bond acceptors (Lipinski definition) is 5. The molecule has 0 N–H and O–H groups in total. The molecule has 6 nitrogen and oxygen atoms in total. The second-order valence-corrected chi connectivity index (χ2v) is 7.64. The zero-order valence-electron chi connectivity index (χ0n) is 15.3. The third kappa shape index (κ3) is 3.25. The van der Waals surface area contributed by atoms with Gasteiger partial charge in [-0.3, -0.25) is 14.3 Å². The van der Waals surface area contributed by atoms with Crippen LogP contribution in [0.5, 0.6) is 0 Å². The molecule has 1 saturated carbocycles. The molecule has 1 aliphatic heterocycles. The summed E-state index contributed by atoms with van der Waals surface area (Å²) in [6.07, 6.45) is 8.11. The zero-order chi connectivity index (χ0) is 18.2. The molecule has 1 saturated heterocycles. The van der Waals surface area contributed by atoms with E-state index in [-0.39, 0.29) is 11.6 Å². The van der Waals surface area contributed by atoms with E-state index in [1.54, 1.807) is 12.4 Å². The maximum Gasteiger partial charge on any atom is 0.261 e. The van der Waals surface area contributed by atoms with Crippen LogP contribution in [-0.4, -0.2) is 31.0 Å². The van der Waals surface area contributed by atoms with Crippen molar-refractivity contribution < 1.29 is 0 Å². The average Bonchev–Trinajstić information content (AvgIpc) is 3.41. The van der Waals surface area contributed by atoms with Crippen molar-refractivity contribution in [2.75, 3.05) is 6.54 Å². The first-order valence-electron chi connectivity index (χ1n) is 9.79.